The molecule has 6 heteroatoms. The van der Waals surface area contributed by atoms with Crippen LogP contribution in [-0.4, -0.2) is 39.4 Å². The van der Waals surface area contributed by atoms with E-state index in [2.05, 4.69) is 15.3 Å². The van der Waals surface area contributed by atoms with Crippen molar-refractivity contribution in [3.05, 3.63) is 30.2 Å². The number of aromatic nitrogens is 2. The van der Waals surface area contributed by atoms with Gasteiger partial charge in [0, 0.05) is 17.8 Å². The van der Waals surface area contributed by atoms with E-state index in [-0.39, 0.29) is 6.61 Å². The van der Waals surface area contributed by atoms with Gasteiger partial charge < -0.3 is 20.1 Å². The lowest BCUT2D eigenvalue weighted by molar-refractivity contribution is 0.0483. The standard InChI is InChI=1S/C15H21N3O3/c1-15(2,3)21-14(20)18-11(9-19)6-10-7-17-13-8-16-5-4-12(10)13/h4-5,7-8,11,17,19H,6,9H2,1-3H3,(H,18,20)/t11-/m0/s1. The molecular weight excluding hydrogens is 270 g/mol. The second kappa shape index (κ2) is 6.13. The predicted molar refractivity (Wildman–Crippen MR) is 80.0 cm³/mol. The summed E-state index contributed by atoms with van der Waals surface area (Å²) in [4.78, 5) is 18.9. The first-order valence-corrected chi connectivity index (χ1v) is 6.89. The zero-order valence-corrected chi connectivity index (χ0v) is 12.5. The number of aliphatic hydroxyl groups excluding tert-OH is 1. The Hall–Kier alpha value is -2.08. The van der Waals surface area contributed by atoms with Gasteiger partial charge in [-0.15, -0.1) is 0 Å². The molecule has 1 amide bonds. The molecule has 0 saturated carbocycles. The number of nitrogens with zero attached hydrogens (tertiary/aromatic N) is 1. The highest BCUT2D eigenvalue weighted by atomic mass is 16.6. The molecule has 2 aromatic rings. The molecule has 1 atom stereocenters. The Bertz CT molecular complexity index is 616. The van der Waals surface area contributed by atoms with Crippen LogP contribution < -0.4 is 5.32 Å². The number of nitrogens with one attached hydrogen (secondary N) is 2. The number of rotatable bonds is 4. The molecular formula is C15H21N3O3. The van der Waals surface area contributed by atoms with E-state index in [0.717, 1.165) is 16.5 Å². The van der Waals surface area contributed by atoms with Crippen molar-refractivity contribution in [3.8, 4) is 0 Å². The highest BCUT2D eigenvalue weighted by molar-refractivity contribution is 5.82. The third kappa shape index (κ3) is 4.19. The smallest absolute Gasteiger partial charge is 0.407 e. The van der Waals surface area contributed by atoms with Crippen LogP contribution in [0.3, 0.4) is 0 Å². The molecule has 2 heterocycles. The Kier molecular flexibility index (Phi) is 4.47. The van der Waals surface area contributed by atoms with Gasteiger partial charge in [0.05, 0.1) is 24.4 Å². The number of H-pyrrole nitrogens is 1. The molecule has 0 radical (unpaired) electrons. The second-order valence-electron chi connectivity index (χ2n) is 5.97. The van der Waals surface area contributed by atoms with E-state index < -0.39 is 17.7 Å². The molecule has 0 fully saturated rings. The van der Waals surface area contributed by atoms with Gasteiger partial charge >= 0.3 is 6.09 Å². The first kappa shape index (κ1) is 15.3. The maximum Gasteiger partial charge on any atom is 0.407 e. The van der Waals surface area contributed by atoms with Gasteiger partial charge in [0.15, 0.2) is 0 Å². The zero-order chi connectivity index (χ0) is 15.5. The quantitative estimate of drug-likeness (QED) is 0.804. The summed E-state index contributed by atoms with van der Waals surface area (Å²) in [7, 11) is 0. The molecule has 0 saturated heterocycles. The summed E-state index contributed by atoms with van der Waals surface area (Å²) >= 11 is 0. The van der Waals surface area contributed by atoms with Crippen LogP contribution in [0.1, 0.15) is 26.3 Å². The molecule has 21 heavy (non-hydrogen) atoms. The lowest BCUT2D eigenvalue weighted by Crippen LogP contribution is -2.42. The number of aliphatic hydroxyl groups is 1. The van der Waals surface area contributed by atoms with E-state index in [9.17, 15) is 9.90 Å². The van der Waals surface area contributed by atoms with Crippen molar-refractivity contribution >= 4 is 17.0 Å². The van der Waals surface area contributed by atoms with Crippen molar-refractivity contribution in [3.63, 3.8) is 0 Å². The van der Waals surface area contributed by atoms with Crippen molar-refractivity contribution in [2.45, 2.75) is 38.8 Å². The number of hydrogen-bond acceptors (Lipinski definition) is 4. The number of carbonyl (C=O) groups is 1. The van der Waals surface area contributed by atoms with Crippen molar-refractivity contribution < 1.29 is 14.6 Å². The maximum atomic E-state index is 11.8. The molecule has 2 rings (SSSR count). The van der Waals surface area contributed by atoms with Crippen LogP contribution in [0.4, 0.5) is 4.79 Å². The van der Waals surface area contributed by atoms with Gasteiger partial charge in [0.1, 0.15) is 5.60 Å². The molecule has 114 valence electrons. The SMILES string of the molecule is CC(C)(C)OC(=O)N[C@H](CO)Cc1c[nH]c2cnccc12. The van der Waals surface area contributed by atoms with Crippen molar-refractivity contribution in [2.75, 3.05) is 6.61 Å². The first-order valence-electron chi connectivity index (χ1n) is 6.89. The van der Waals surface area contributed by atoms with E-state index in [1.54, 1.807) is 33.2 Å². The molecule has 2 aromatic heterocycles. The minimum Gasteiger partial charge on any atom is -0.444 e. The number of carbonyl (C=O) groups excluding carboxylic acids is 1. The molecule has 0 aliphatic carbocycles. The van der Waals surface area contributed by atoms with Gasteiger partial charge in [-0.1, -0.05) is 0 Å². The van der Waals surface area contributed by atoms with Gasteiger partial charge in [-0.3, -0.25) is 4.98 Å². The molecule has 0 aromatic carbocycles. The number of amides is 1. The second-order valence-corrected chi connectivity index (χ2v) is 5.97. The van der Waals surface area contributed by atoms with Gasteiger partial charge in [0.25, 0.3) is 0 Å². The fraction of sp³-hybridized carbons (Fsp3) is 0.467. The van der Waals surface area contributed by atoms with Gasteiger partial charge in [0.2, 0.25) is 0 Å². The van der Waals surface area contributed by atoms with Crippen molar-refractivity contribution in [1.82, 2.24) is 15.3 Å². The molecule has 0 unspecified atom stereocenters. The minimum atomic E-state index is -0.559. The Labute approximate surface area is 123 Å². The van der Waals surface area contributed by atoms with Crippen LogP contribution in [0.15, 0.2) is 24.7 Å². The number of alkyl carbamates (subject to hydrolysis) is 1. The average Bonchev–Trinajstić information content (AvgIpc) is 2.79. The third-order valence-electron chi connectivity index (χ3n) is 2.98. The molecule has 0 spiro atoms. The van der Waals surface area contributed by atoms with Crippen LogP contribution >= 0.6 is 0 Å². The van der Waals surface area contributed by atoms with E-state index in [4.69, 9.17) is 4.74 Å². The lowest BCUT2D eigenvalue weighted by Gasteiger charge is -2.22. The summed E-state index contributed by atoms with van der Waals surface area (Å²) in [5.74, 6) is 0. The largest absolute Gasteiger partial charge is 0.444 e. The van der Waals surface area contributed by atoms with Gasteiger partial charge in [-0.25, -0.2) is 4.79 Å². The van der Waals surface area contributed by atoms with Crippen molar-refractivity contribution in [2.24, 2.45) is 0 Å². The van der Waals surface area contributed by atoms with Crippen LogP contribution in [-0.2, 0) is 11.2 Å². The molecule has 0 aliphatic rings. The topological polar surface area (TPSA) is 87.2 Å². The van der Waals surface area contributed by atoms with Crippen LogP contribution in [0, 0.1) is 0 Å². The van der Waals surface area contributed by atoms with Crippen LogP contribution in [0.25, 0.3) is 10.9 Å². The van der Waals surface area contributed by atoms with E-state index >= 15 is 0 Å². The van der Waals surface area contributed by atoms with E-state index in [1.807, 2.05) is 12.3 Å². The van der Waals surface area contributed by atoms with Crippen molar-refractivity contribution in [1.29, 1.82) is 0 Å². The third-order valence-corrected chi connectivity index (χ3v) is 2.98. The summed E-state index contributed by atoms with van der Waals surface area (Å²) in [6.45, 7) is 5.24. The fourth-order valence-electron chi connectivity index (χ4n) is 2.10. The van der Waals surface area contributed by atoms with Crippen LogP contribution in [0.2, 0.25) is 0 Å². The Morgan fingerprint density at radius 1 is 1.52 bits per heavy atom. The number of fused-ring (bicyclic) bond motifs is 1. The van der Waals surface area contributed by atoms with E-state index in [1.165, 1.54) is 0 Å². The Balaban J connectivity index is 2.04. The predicted octanol–water partition coefficient (Wildman–Crippen LogP) is 1.99. The molecule has 0 aliphatic heterocycles. The molecule has 6 nitrogen and oxygen atoms in total. The number of hydrogen-bond donors (Lipinski definition) is 3. The summed E-state index contributed by atoms with van der Waals surface area (Å²) in [5, 5.41) is 13.2. The first-order chi connectivity index (χ1) is 9.89. The summed E-state index contributed by atoms with van der Waals surface area (Å²) in [5.41, 5.74) is 1.39. The minimum absolute atomic E-state index is 0.156. The number of ether oxygens (including phenoxy) is 1. The molecule has 0 bridgehead atoms. The number of pyridine rings is 1. The Morgan fingerprint density at radius 2 is 2.29 bits per heavy atom. The summed E-state index contributed by atoms with van der Waals surface area (Å²) in [6, 6.07) is 1.51. The zero-order valence-electron chi connectivity index (χ0n) is 12.5. The summed E-state index contributed by atoms with van der Waals surface area (Å²) < 4.78 is 5.20. The average molecular weight is 291 g/mol. The summed E-state index contributed by atoms with van der Waals surface area (Å²) in [6.07, 6.45) is 5.32. The van der Waals surface area contributed by atoms with Gasteiger partial charge in [-0.2, -0.15) is 0 Å². The number of aromatic amines is 1. The lowest BCUT2D eigenvalue weighted by atomic mass is 10.1. The monoisotopic (exact) mass is 291 g/mol. The van der Waals surface area contributed by atoms with E-state index in [0.29, 0.717) is 6.42 Å². The molecule has 3 N–H and O–H groups in total. The fourth-order valence-corrected chi connectivity index (χ4v) is 2.10. The Morgan fingerprint density at radius 3 is 2.95 bits per heavy atom. The van der Waals surface area contributed by atoms with Crippen LogP contribution in [0.5, 0.6) is 0 Å². The normalized spacial score (nSPS) is 13.1. The maximum absolute atomic E-state index is 11.8. The highest BCUT2D eigenvalue weighted by Gasteiger charge is 2.20. The van der Waals surface area contributed by atoms with Gasteiger partial charge in [-0.05, 0) is 38.8 Å². The highest BCUT2D eigenvalue weighted by Crippen LogP contribution is 2.18.